The molecule has 0 unspecified atom stereocenters. The normalized spacial score (nSPS) is 10.1. The molecule has 0 spiro atoms. The van der Waals surface area contributed by atoms with Gasteiger partial charge in [-0.2, -0.15) is 0 Å². The Balaban J connectivity index is 2.28. The van der Waals surface area contributed by atoms with Crippen molar-refractivity contribution in [3.63, 3.8) is 0 Å². The van der Waals surface area contributed by atoms with Gasteiger partial charge in [-0.3, -0.25) is 4.79 Å². The fraction of sp³-hybridized carbons (Fsp3) is 0.133. The van der Waals surface area contributed by atoms with Crippen molar-refractivity contribution in [2.24, 2.45) is 0 Å². The number of hydrogen-bond donors (Lipinski definition) is 1. The van der Waals surface area contributed by atoms with Gasteiger partial charge in [0.25, 0.3) is 5.91 Å². The fourth-order valence-corrected chi connectivity index (χ4v) is 2.13. The number of carbonyl (C=O) groups excluding carboxylic acids is 1. The van der Waals surface area contributed by atoms with E-state index < -0.39 is 5.82 Å². The van der Waals surface area contributed by atoms with Gasteiger partial charge >= 0.3 is 0 Å². The molecule has 0 aliphatic heterocycles. The maximum absolute atomic E-state index is 13.3. The average molecular weight is 354 g/mol. The molecule has 0 atom stereocenters. The molecule has 2 aromatic rings. The van der Waals surface area contributed by atoms with Gasteiger partial charge < -0.3 is 14.8 Å². The Bertz CT molecular complexity index is 676. The molecule has 0 fully saturated rings. The summed E-state index contributed by atoms with van der Waals surface area (Å²) in [6.45, 7) is 0. The molecule has 110 valence electrons. The fourth-order valence-electron chi connectivity index (χ4n) is 1.77. The van der Waals surface area contributed by atoms with Crippen LogP contribution in [0.4, 0.5) is 10.1 Å². The van der Waals surface area contributed by atoms with Crippen LogP contribution in [0.2, 0.25) is 0 Å². The minimum Gasteiger partial charge on any atom is -0.495 e. The molecule has 0 aromatic heterocycles. The van der Waals surface area contributed by atoms with Gasteiger partial charge in [-0.15, -0.1) is 0 Å². The molecule has 0 aliphatic rings. The Morgan fingerprint density at radius 2 is 1.81 bits per heavy atom. The summed E-state index contributed by atoms with van der Waals surface area (Å²) in [7, 11) is 2.86. The number of carbonyl (C=O) groups is 1. The summed E-state index contributed by atoms with van der Waals surface area (Å²) in [5.74, 6) is -0.358. The Labute approximate surface area is 130 Å². The number of amides is 1. The van der Waals surface area contributed by atoms with Gasteiger partial charge in [0.2, 0.25) is 0 Å². The van der Waals surface area contributed by atoms with Crippen molar-refractivity contribution in [2.45, 2.75) is 0 Å². The van der Waals surface area contributed by atoms with E-state index in [1.165, 1.54) is 32.4 Å². The number of hydrogen-bond acceptors (Lipinski definition) is 3. The van der Waals surface area contributed by atoms with E-state index in [9.17, 15) is 9.18 Å². The van der Waals surface area contributed by atoms with Crippen molar-refractivity contribution < 1.29 is 18.7 Å². The monoisotopic (exact) mass is 353 g/mol. The number of ether oxygens (including phenoxy) is 2. The van der Waals surface area contributed by atoms with Gasteiger partial charge in [0, 0.05) is 10.0 Å². The molecule has 4 nitrogen and oxygen atoms in total. The van der Waals surface area contributed by atoms with Crippen LogP contribution in [0.5, 0.6) is 11.5 Å². The standard InChI is InChI=1S/C15H13BrFNO3/c1-20-13-6-4-10(16)8-12(13)18-15(19)9-3-5-11(17)14(7-9)21-2/h3-8H,1-2H3,(H,18,19). The molecule has 1 amide bonds. The molecule has 0 aliphatic carbocycles. The highest BCUT2D eigenvalue weighted by Gasteiger charge is 2.13. The quantitative estimate of drug-likeness (QED) is 0.907. The second-order valence-electron chi connectivity index (χ2n) is 4.15. The van der Waals surface area contributed by atoms with Crippen molar-refractivity contribution >= 4 is 27.5 Å². The Hall–Kier alpha value is -2.08. The summed E-state index contributed by atoms with van der Waals surface area (Å²) in [6.07, 6.45) is 0. The van der Waals surface area contributed by atoms with Crippen LogP contribution in [0.15, 0.2) is 40.9 Å². The number of anilines is 1. The first-order chi connectivity index (χ1) is 10.0. The first-order valence-electron chi connectivity index (χ1n) is 6.03. The molecule has 2 aromatic carbocycles. The van der Waals surface area contributed by atoms with Gasteiger partial charge in [-0.05, 0) is 36.4 Å². The summed E-state index contributed by atoms with van der Waals surface area (Å²) < 4.78 is 24.2. The number of nitrogens with one attached hydrogen (secondary N) is 1. The van der Waals surface area contributed by atoms with Crippen LogP contribution in [-0.2, 0) is 0 Å². The van der Waals surface area contributed by atoms with Crippen LogP contribution in [0.25, 0.3) is 0 Å². The van der Waals surface area contributed by atoms with E-state index in [-0.39, 0.29) is 17.2 Å². The van der Waals surface area contributed by atoms with Crippen LogP contribution in [0, 0.1) is 5.82 Å². The maximum atomic E-state index is 13.3. The smallest absolute Gasteiger partial charge is 0.255 e. The molecule has 0 bridgehead atoms. The lowest BCUT2D eigenvalue weighted by atomic mass is 10.2. The minimum atomic E-state index is -0.519. The SMILES string of the molecule is COc1cc(C(=O)Nc2cc(Br)ccc2OC)ccc1F. The predicted molar refractivity (Wildman–Crippen MR) is 81.6 cm³/mol. The number of benzene rings is 2. The Kier molecular flexibility index (Phi) is 4.80. The zero-order valence-electron chi connectivity index (χ0n) is 11.4. The summed E-state index contributed by atoms with van der Waals surface area (Å²) in [5.41, 5.74) is 0.801. The summed E-state index contributed by atoms with van der Waals surface area (Å²) in [6, 6.07) is 9.16. The van der Waals surface area contributed by atoms with Crippen molar-refractivity contribution in [2.75, 3.05) is 19.5 Å². The predicted octanol–water partition coefficient (Wildman–Crippen LogP) is 3.86. The number of rotatable bonds is 4. The maximum Gasteiger partial charge on any atom is 0.255 e. The lowest BCUT2D eigenvalue weighted by Crippen LogP contribution is -2.13. The van der Waals surface area contributed by atoms with Crippen LogP contribution in [0.1, 0.15) is 10.4 Å². The van der Waals surface area contributed by atoms with Crippen molar-refractivity contribution in [3.8, 4) is 11.5 Å². The average Bonchev–Trinajstić information content (AvgIpc) is 2.48. The molecule has 0 saturated heterocycles. The van der Waals surface area contributed by atoms with E-state index in [0.717, 1.165) is 4.47 Å². The first kappa shape index (κ1) is 15.3. The van der Waals surface area contributed by atoms with Crippen molar-refractivity contribution in [1.82, 2.24) is 0 Å². The second kappa shape index (κ2) is 6.58. The van der Waals surface area contributed by atoms with Gasteiger partial charge in [0.05, 0.1) is 19.9 Å². The first-order valence-corrected chi connectivity index (χ1v) is 6.83. The van der Waals surface area contributed by atoms with E-state index in [4.69, 9.17) is 9.47 Å². The third kappa shape index (κ3) is 3.52. The number of halogens is 2. The van der Waals surface area contributed by atoms with Gasteiger partial charge in [-0.25, -0.2) is 4.39 Å². The van der Waals surface area contributed by atoms with Crippen LogP contribution < -0.4 is 14.8 Å². The molecular weight excluding hydrogens is 341 g/mol. The van der Waals surface area contributed by atoms with Crippen molar-refractivity contribution in [1.29, 1.82) is 0 Å². The lowest BCUT2D eigenvalue weighted by Gasteiger charge is -2.11. The minimum absolute atomic E-state index is 0.0175. The molecule has 1 N–H and O–H groups in total. The second-order valence-corrected chi connectivity index (χ2v) is 5.06. The molecule has 6 heteroatoms. The number of methoxy groups -OCH3 is 2. The van der Waals surface area contributed by atoms with E-state index in [2.05, 4.69) is 21.2 Å². The van der Waals surface area contributed by atoms with Gasteiger partial charge in [0.1, 0.15) is 5.75 Å². The molecule has 0 heterocycles. The highest BCUT2D eigenvalue weighted by molar-refractivity contribution is 9.10. The lowest BCUT2D eigenvalue weighted by molar-refractivity contribution is 0.102. The van der Waals surface area contributed by atoms with Gasteiger partial charge in [0.15, 0.2) is 11.6 Å². The summed E-state index contributed by atoms with van der Waals surface area (Å²) in [5, 5.41) is 2.72. The zero-order chi connectivity index (χ0) is 15.4. The molecule has 2 rings (SSSR count). The molecule has 21 heavy (non-hydrogen) atoms. The van der Waals surface area contributed by atoms with Gasteiger partial charge in [-0.1, -0.05) is 15.9 Å². The van der Waals surface area contributed by atoms with Crippen molar-refractivity contribution in [3.05, 3.63) is 52.3 Å². The summed E-state index contributed by atoms with van der Waals surface area (Å²) >= 11 is 3.33. The third-order valence-corrected chi connectivity index (χ3v) is 3.32. The largest absolute Gasteiger partial charge is 0.495 e. The molecule has 0 saturated carbocycles. The highest BCUT2D eigenvalue weighted by atomic mass is 79.9. The van der Waals surface area contributed by atoms with Crippen LogP contribution in [-0.4, -0.2) is 20.1 Å². The van der Waals surface area contributed by atoms with E-state index in [0.29, 0.717) is 11.4 Å². The van der Waals surface area contributed by atoms with Crippen LogP contribution in [0.3, 0.4) is 0 Å². The highest BCUT2D eigenvalue weighted by Crippen LogP contribution is 2.28. The summed E-state index contributed by atoms with van der Waals surface area (Å²) in [4.78, 5) is 12.2. The Morgan fingerprint density at radius 1 is 1.10 bits per heavy atom. The van der Waals surface area contributed by atoms with E-state index >= 15 is 0 Å². The van der Waals surface area contributed by atoms with E-state index in [1.807, 2.05) is 0 Å². The molecular formula is C15H13BrFNO3. The Morgan fingerprint density at radius 3 is 2.48 bits per heavy atom. The molecule has 0 radical (unpaired) electrons. The van der Waals surface area contributed by atoms with E-state index in [1.54, 1.807) is 18.2 Å². The van der Waals surface area contributed by atoms with Crippen LogP contribution >= 0.6 is 15.9 Å². The third-order valence-electron chi connectivity index (χ3n) is 2.82. The topological polar surface area (TPSA) is 47.6 Å². The zero-order valence-corrected chi connectivity index (χ0v) is 13.0.